The van der Waals surface area contributed by atoms with Gasteiger partial charge in [-0.05, 0) is 29.2 Å². The average molecular weight is 527 g/mol. The first-order valence-corrected chi connectivity index (χ1v) is 9.98. The van der Waals surface area contributed by atoms with Crippen LogP contribution in [0.4, 0.5) is 0 Å². The first-order chi connectivity index (χ1) is 14.2. The first kappa shape index (κ1) is 26.2. The third-order valence-corrected chi connectivity index (χ3v) is 4.27. The van der Waals surface area contributed by atoms with Gasteiger partial charge in [-0.25, -0.2) is 0 Å². The molecule has 0 aliphatic rings. The average Bonchev–Trinajstić information content (AvgIpc) is 2.75. The number of nitrogens with one attached hydrogen (secondary N) is 2. The number of benzene rings is 2. The van der Waals surface area contributed by atoms with E-state index in [1.54, 1.807) is 14.2 Å². The lowest BCUT2D eigenvalue weighted by Crippen LogP contribution is -2.39. The van der Waals surface area contributed by atoms with Crippen molar-refractivity contribution in [1.29, 1.82) is 0 Å². The fraction of sp³-hybridized carbons (Fsp3) is 0.435. The van der Waals surface area contributed by atoms with E-state index < -0.39 is 0 Å². The summed E-state index contributed by atoms with van der Waals surface area (Å²) in [4.78, 5) is 4.29. The minimum Gasteiger partial charge on any atom is -0.491 e. The van der Waals surface area contributed by atoms with Crippen molar-refractivity contribution < 1.29 is 14.2 Å². The third kappa shape index (κ3) is 10.8. The predicted molar refractivity (Wildman–Crippen MR) is 133 cm³/mol. The third-order valence-electron chi connectivity index (χ3n) is 4.27. The van der Waals surface area contributed by atoms with E-state index in [1.807, 2.05) is 36.4 Å². The van der Waals surface area contributed by atoms with Crippen LogP contribution < -0.4 is 15.4 Å². The molecule has 6 nitrogen and oxygen atoms in total. The highest BCUT2D eigenvalue weighted by atomic mass is 127. The molecule has 2 N–H and O–H groups in total. The Morgan fingerprint density at radius 2 is 1.77 bits per heavy atom. The van der Waals surface area contributed by atoms with Crippen LogP contribution in [0.25, 0.3) is 0 Å². The van der Waals surface area contributed by atoms with Crippen molar-refractivity contribution in [2.45, 2.75) is 20.1 Å². The van der Waals surface area contributed by atoms with Gasteiger partial charge >= 0.3 is 0 Å². The molecule has 0 aromatic heterocycles. The number of methoxy groups -OCH3 is 1. The van der Waals surface area contributed by atoms with E-state index in [9.17, 15) is 0 Å². The van der Waals surface area contributed by atoms with E-state index in [2.05, 4.69) is 40.7 Å². The Hall–Kier alpha value is -1.84. The van der Waals surface area contributed by atoms with Crippen LogP contribution in [-0.2, 0) is 22.6 Å². The number of hydrogen-bond acceptors (Lipinski definition) is 4. The van der Waals surface area contributed by atoms with Gasteiger partial charge in [0.2, 0.25) is 0 Å². The minimum atomic E-state index is 0. The van der Waals surface area contributed by atoms with Gasteiger partial charge in [-0.2, -0.15) is 0 Å². The monoisotopic (exact) mass is 527 g/mol. The van der Waals surface area contributed by atoms with Gasteiger partial charge in [0.05, 0.1) is 19.8 Å². The van der Waals surface area contributed by atoms with Crippen molar-refractivity contribution in [2.24, 2.45) is 10.9 Å². The predicted octanol–water partition coefficient (Wildman–Crippen LogP) is 3.85. The summed E-state index contributed by atoms with van der Waals surface area (Å²) in [6.07, 6.45) is 0. The van der Waals surface area contributed by atoms with Crippen LogP contribution in [0.3, 0.4) is 0 Å². The van der Waals surface area contributed by atoms with Gasteiger partial charge in [-0.3, -0.25) is 4.99 Å². The lowest BCUT2D eigenvalue weighted by molar-refractivity contribution is 0.0931. The lowest BCUT2D eigenvalue weighted by atomic mass is 10.2. The van der Waals surface area contributed by atoms with E-state index >= 15 is 0 Å². The molecule has 1 unspecified atom stereocenters. The fourth-order valence-electron chi connectivity index (χ4n) is 2.68. The van der Waals surface area contributed by atoms with Crippen LogP contribution in [0.15, 0.2) is 59.6 Å². The molecule has 0 aliphatic heterocycles. The van der Waals surface area contributed by atoms with Crippen molar-refractivity contribution in [2.75, 3.05) is 40.5 Å². The van der Waals surface area contributed by atoms with Crippen LogP contribution in [0.5, 0.6) is 5.75 Å². The number of nitrogens with zero attached hydrogens (tertiary/aromatic N) is 1. The van der Waals surface area contributed by atoms with E-state index in [0.29, 0.717) is 38.9 Å². The molecule has 30 heavy (non-hydrogen) atoms. The highest BCUT2D eigenvalue weighted by Gasteiger charge is 2.05. The number of hydrogen-bond donors (Lipinski definition) is 2. The summed E-state index contributed by atoms with van der Waals surface area (Å²) in [6, 6.07) is 18.2. The van der Waals surface area contributed by atoms with Crippen molar-refractivity contribution in [1.82, 2.24) is 10.6 Å². The molecule has 0 amide bonds. The highest BCUT2D eigenvalue weighted by molar-refractivity contribution is 14.0. The Bertz CT molecular complexity index is 729. The number of halogens is 1. The number of guanidine groups is 1. The van der Waals surface area contributed by atoms with Gasteiger partial charge in [-0.1, -0.05) is 49.4 Å². The molecule has 0 saturated heterocycles. The van der Waals surface area contributed by atoms with Crippen LogP contribution in [0.1, 0.15) is 18.1 Å². The minimum absolute atomic E-state index is 0. The molecule has 0 fully saturated rings. The summed E-state index contributed by atoms with van der Waals surface area (Å²) >= 11 is 0. The largest absolute Gasteiger partial charge is 0.491 e. The van der Waals surface area contributed by atoms with Gasteiger partial charge < -0.3 is 24.8 Å². The molecular formula is C23H34IN3O3. The van der Waals surface area contributed by atoms with Crippen LogP contribution in [0.2, 0.25) is 0 Å². The molecule has 0 aliphatic carbocycles. The van der Waals surface area contributed by atoms with Gasteiger partial charge in [0.25, 0.3) is 0 Å². The summed E-state index contributed by atoms with van der Waals surface area (Å²) < 4.78 is 16.5. The molecule has 0 spiro atoms. The zero-order valence-corrected chi connectivity index (χ0v) is 20.4. The summed E-state index contributed by atoms with van der Waals surface area (Å²) in [5.41, 5.74) is 2.32. The summed E-state index contributed by atoms with van der Waals surface area (Å²) in [7, 11) is 3.44. The SMILES string of the molecule is CN=C(NCc1cccc(OCCOC)c1)NCC(C)COCc1ccccc1.I. The van der Waals surface area contributed by atoms with E-state index in [0.717, 1.165) is 23.8 Å². The second-order valence-corrected chi connectivity index (χ2v) is 6.90. The molecule has 0 radical (unpaired) electrons. The summed E-state index contributed by atoms with van der Waals surface area (Å²) in [5, 5.41) is 6.69. The van der Waals surface area contributed by atoms with E-state index in [-0.39, 0.29) is 24.0 Å². The van der Waals surface area contributed by atoms with Crippen molar-refractivity contribution in [3.8, 4) is 5.75 Å². The molecule has 0 heterocycles. The van der Waals surface area contributed by atoms with Gasteiger partial charge in [-0.15, -0.1) is 24.0 Å². The maximum absolute atomic E-state index is 5.81. The summed E-state index contributed by atoms with van der Waals surface area (Å²) in [6.45, 7) is 6.06. The van der Waals surface area contributed by atoms with Gasteiger partial charge in [0.1, 0.15) is 12.4 Å². The second kappa shape index (κ2) is 15.9. The maximum atomic E-state index is 5.81. The molecular weight excluding hydrogens is 493 g/mol. The van der Waals surface area contributed by atoms with Crippen LogP contribution >= 0.6 is 24.0 Å². The van der Waals surface area contributed by atoms with Gasteiger partial charge in [0, 0.05) is 27.2 Å². The molecule has 1 atom stereocenters. The molecule has 2 aromatic rings. The standard InChI is InChI=1S/C23H33N3O3.HI/c1-19(17-28-18-20-8-5-4-6-9-20)15-25-23(24-2)26-16-21-10-7-11-22(14-21)29-13-12-27-3;/h4-11,14,19H,12-13,15-18H2,1-3H3,(H2,24,25,26);1H. The Balaban J connectivity index is 0.00000450. The molecule has 0 bridgehead atoms. The molecule has 7 heteroatoms. The van der Waals surface area contributed by atoms with E-state index in [1.165, 1.54) is 5.56 Å². The summed E-state index contributed by atoms with van der Waals surface area (Å²) in [5.74, 6) is 1.98. The van der Waals surface area contributed by atoms with Crippen molar-refractivity contribution in [3.05, 3.63) is 65.7 Å². The lowest BCUT2D eigenvalue weighted by Gasteiger charge is -2.16. The van der Waals surface area contributed by atoms with Crippen molar-refractivity contribution in [3.63, 3.8) is 0 Å². The normalized spacial score (nSPS) is 12.0. The fourth-order valence-corrected chi connectivity index (χ4v) is 2.68. The smallest absolute Gasteiger partial charge is 0.191 e. The topological polar surface area (TPSA) is 64.1 Å². The van der Waals surface area contributed by atoms with Crippen LogP contribution in [0, 0.1) is 5.92 Å². The quantitative estimate of drug-likeness (QED) is 0.190. The molecule has 2 rings (SSSR count). The Labute approximate surface area is 197 Å². The number of ether oxygens (including phenoxy) is 3. The Morgan fingerprint density at radius 1 is 1.00 bits per heavy atom. The molecule has 2 aromatic carbocycles. The molecule has 166 valence electrons. The number of rotatable bonds is 12. The second-order valence-electron chi connectivity index (χ2n) is 6.90. The first-order valence-electron chi connectivity index (χ1n) is 9.98. The van der Waals surface area contributed by atoms with E-state index in [4.69, 9.17) is 14.2 Å². The molecule has 0 saturated carbocycles. The highest BCUT2D eigenvalue weighted by Crippen LogP contribution is 2.13. The van der Waals surface area contributed by atoms with Gasteiger partial charge in [0.15, 0.2) is 5.96 Å². The Morgan fingerprint density at radius 3 is 2.50 bits per heavy atom. The van der Waals surface area contributed by atoms with Crippen LogP contribution in [-0.4, -0.2) is 46.5 Å². The maximum Gasteiger partial charge on any atom is 0.191 e. The zero-order chi connectivity index (χ0) is 20.7. The Kier molecular flexibility index (Phi) is 13.9. The van der Waals surface area contributed by atoms with Crippen molar-refractivity contribution >= 4 is 29.9 Å². The zero-order valence-electron chi connectivity index (χ0n) is 18.1. The number of aliphatic imine (C=N–C) groups is 1.